The normalized spacial score (nSPS) is 11.9. The number of nitrogens with zero attached hydrogens (tertiary/aromatic N) is 5. The van der Waals surface area contributed by atoms with Crippen molar-refractivity contribution in [2.24, 2.45) is 0 Å². The van der Waals surface area contributed by atoms with Crippen LogP contribution in [0.2, 0.25) is 0 Å². The van der Waals surface area contributed by atoms with Crippen molar-refractivity contribution in [2.45, 2.75) is 32.6 Å². The van der Waals surface area contributed by atoms with Crippen molar-refractivity contribution in [3.05, 3.63) is 127 Å². The van der Waals surface area contributed by atoms with Crippen molar-refractivity contribution < 1.29 is 36.7 Å². The second-order valence-corrected chi connectivity index (χ2v) is 13.4. The highest BCUT2D eigenvalue weighted by Crippen LogP contribution is 2.35. The second-order valence-electron chi connectivity index (χ2n) is 11.6. The van der Waals surface area contributed by atoms with Gasteiger partial charge in [0, 0.05) is 41.0 Å². The molecule has 0 unspecified atom stereocenters. The molecule has 6 aromatic rings. The average Bonchev–Trinajstić information content (AvgIpc) is 3.10. The van der Waals surface area contributed by atoms with Gasteiger partial charge < -0.3 is 9.79 Å². The number of hydrogen-bond donors (Lipinski definition) is 2. The summed E-state index contributed by atoms with van der Waals surface area (Å²) in [6.07, 6.45) is 2.59. The maximum absolute atomic E-state index is 12.8. The molecule has 0 bridgehead atoms. The molecular weight excluding hydrogens is 650 g/mol. The largest absolute Gasteiger partial charge is 0.448 e. The minimum Gasteiger partial charge on any atom is -0.324 e. The van der Waals surface area contributed by atoms with Crippen LogP contribution in [0, 0.1) is 0 Å². The van der Waals surface area contributed by atoms with E-state index >= 15 is 0 Å². The predicted octanol–water partition coefficient (Wildman–Crippen LogP) is 7.08. The van der Waals surface area contributed by atoms with Crippen molar-refractivity contribution in [2.75, 3.05) is 6.16 Å². The van der Waals surface area contributed by atoms with Gasteiger partial charge in [0.2, 0.25) is 6.54 Å². The minimum absolute atomic E-state index is 0.237. The van der Waals surface area contributed by atoms with Crippen molar-refractivity contribution in [3.8, 4) is 56.4 Å². The number of aryl methyl sites for hydroxylation is 2. The number of alkyl halides is 3. The molecule has 0 aliphatic rings. The fraction of sp³-hybridized carbons (Fsp3) is 0.162. The maximum atomic E-state index is 12.8. The Labute approximate surface area is 281 Å². The van der Waals surface area contributed by atoms with Gasteiger partial charge in [-0.3, -0.25) is 4.57 Å². The van der Waals surface area contributed by atoms with Crippen LogP contribution in [0.4, 0.5) is 13.2 Å². The van der Waals surface area contributed by atoms with E-state index in [2.05, 4.69) is 23.6 Å². The molecule has 0 fully saturated rings. The molecule has 0 spiro atoms. The van der Waals surface area contributed by atoms with E-state index in [1.807, 2.05) is 73.1 Å². The number of rotatable bonds is 10. The van der Waals surface area contributed by atoms with Gasteiger partial charge in [-0.2, -0.15) is 17.7 Å². The Morgan fingerprint density at radius 2 is 0.918 bits per heavy atom. The Kier molecular flexibility index (Phi) is 9.78. The van der Waals surface area contributed by atoms with Crippen molar-refractivity contribution in [1.82, 2.24) is 15.0 Å². The van der Waals surface area contributed by atoms with E-state index < -0.39 is 20.3 Å². The van der Waals surface area contributed by atoms with Crippen LogP contribution < -0.4 is 9.13 Å². The lowest BCUT2D eigenvalue weighted by Gasteiger charge is -2.10. The molecule has 3 heterocycles. The summed E-state index contributed by atoms with van der Waals surface area (Å²) in [6.45, 7) is 1.92. The Morgan fingerprint density at radius 3 is 1.29 bits per heavy atom. The molecule has 0 radical (unpaired) electrons. The van der Waals surface area contributed by atoms with E-state index in [4.69, 9.17) is 15.0 Å². The highest BCUT2D eigenvalue weighted by atomic mass is 31.2. The zero-order valence-corrected chi connectivity index (χ0v) is 27.4. The molecule has 12 heteroatoms. The summed E-state index contributed by atoms with van der Waals surface area (Å²) < 4.78 is 52.9. The van der Waals surface area contributed by atoms with Crippen LogP contribution in [0.1, 0.15) is 12.5 Å². The van der Waals surface area contributed by atoms with Gasteiger partial charge in [-0.15, -0.1) is 0 Å². The van der Waals surface area contributed by atoms with E-state index in [-0.39, 0.29) is 12.6 Å². The molecule has 49 heavy (non-hydrogen) atoms. The summed E-state index contributed by atoms with van der Waals surface area (Å²) in [6, 6.07) is 30.1. The van der Waals surface area contributed by atoms with Crippen LogP contribution in [0.5, 0.6) is 0 Å². The Balaban J connectivity index is 1.33. The second kappa shape index (κ2) is 14.2. The summed E-state index contributed by atoms with van der Waals surface area (Å²) in [5, 5.41) is 0. The van der Waals surface area contributed by atoms with E-state index in [0.717, 1.165) is 50.1 Å². The van der Waals surface area contributed by atoms with Gasteiger partial charge in [0.05, 0.1) is 6.16 Å². The molecule has 0 aliphatic heterocycles. The standard InChI is InChI=1S/C37H31F3N5O3P/c1-2-44-20-15-29(16-21-44)27-7-11-32(12-8-27)35-41-34(31-5-3-26(4-6-31)19-24-49(46,47)48)42-36(43-35)33-13-9-28(10-14-33)30-17-22-45(23-18-30)25-37(38,39)40/h3-18,20-23H,2,19,24-25H2,1H3/p+2. The number of hydrogen-bond acceptors (Lipinski definition) is 4. The first-order valence-corrected chi connectivity index (χ1v) is 17.4. The fourth-order valence-corrected chi connectivity index (χ4v) is 5.85. The van der Waals surface area contributed by atoms with Gasteiger partial charge in [0.25, 0.3) is 0 Å². The maximum Gasteiger partial charge on any atom is 0.448 e. The SMILES string of the molecule is CC[n+]1ccc(-c2ccc(-c3nc(-c4ccc(CCP(=O)(O)O)cc4)nc(-c4ccc(-c5cc[n+](CC(F)(F)F)cc5)cc4)n3)cc2)cc1. The number of halogens is 3. The Morgan fingerprint density at radius 1 is 0.571 bits per heavy atom. The molecule has 0 aliphatic carbocycles. The van der Waals surface area contributed by atoms with Crippen LogP contribution in [0.3, 0.4) is 0 Å². The van der Waals surface area contributed by atoms with Gasteiger partial charge in [-0.25, -0.2) is 19.5 Å². The van der Waals surface area contributed by atoms with Gasteiger partial charge in [0.15, 0.2) is 42.3 Å². The van der Waals surface area contributed by atoms with Gasteiger partial charge >= 0.3 is 13.8 Å². The fourth-order valence-electron chi connectivity index (χ4n) is 5.30. The third kappa shape index (κ3) is 8.88. The number of benzene rings is 3. The van der Waals surface area contributed by atoms with E-state index in [0.29, 0.717) is 23.0 Å². The predicted molar refractivity (Wildman–Crippen MR) is 180 cm³/mol. The first kappa shape index (κ1) is 33.8. The number of pyridine rings is 2. The third-order valence-corrected chi connectivity index (χ3v) is 8.81. The van der Waals surface area contributed by atoms with Gasteiger partial charge in [-0.05, 0) is 41.2 Å². The van der Waals surface area contributed by atoms with E-state index in [9.17, 15) is 27.5 Å². The molecule has 0 amide bonds. The summed E-state index contributed by atoms with van der Waals surface area (Å²) >= 11 is 0. The van der Waals surface area contributed by atoms with Crippen LogP contribution >= 0.6 is 7.60 Å². The molecule has 8 nitrogen and oxygen atoms in total. The van der Waals surface area contributed by atoms with Crippen LogP contribution in [-0.4, -0.2) is 37.1 Å². The van der Waals surface area contributed by atoms with Crippen molar-refractivity contribution in [3.63, 3.8) is 0 Å². The summed E-state index contributed by atoms with van der Waals surface area (Å²) in [5.41, 5.74) is 6.73. The molecule has 2 N–H and O–H groups in total. The Hall–Kier alpha value is -5.09. The highest BCUT2D eigenvalue weighted by Gasteiger charge is 2.33. The van der Waals surface area contributed by atoms with Crippen LogP contribution in [0.15, 0.2) is 122 Å². The first-order chi connectivity index (χ1) is 23.4. The Bertz CT molecular complexity index is 2080. The lowest BCUT2D eigenvalue weighted by atomic mass is 10.0. The van der Waals surface area contributed by atoms with Gasteiger partial charge in [0.1, 0.15) is 6.54 Å². The molecule has 6 rings (SSSR count). The molecule has 0 atom stereocenters. The lowest BCUT2D eigenvalue weighted by molar-refractivity contribution is -0.719. The third-order valence-electron chi connectivity index (χ3n) is 8.00. The molecular formula is C37H33F3N5O3P+2. The highest BCUT2D eigenvalue weighted by molar-refractivity contribution is 7.51. The number of aromatic nitrogens is 5. The summed E-state index contributed by atoms with van der Waals surface area (Å²) in [5.74, 6) is 1.33. The monoisotopic (exact) mass is 683 g/mol. The zero-order chi connectivity index (χ0) is 34.6. The van der Waals surface area contributed by atoms with Crippen molar-refractivity contribution >= 4 is 7.60 Å². The molecule has 3 aromatic carbocycles. The smallest absolute Gasteiger partial charge is 0.324 e. The van der Waals surface area contributed by atoms with Crippen molar-refractivity contribution in [1.29, 1.82) is 0 Å². The van der Waals surface area contributed by atoms with Gasteiger partial charge in [-0.1, -0.05) is 72.8 Å². The zero-order valence-electron chi connectivity index (χ0n) is 26.5. The average molecular weight is 684 g/mol. The molecule has 248 valence electrons. The molecule has 0 saturated carbocycles. The molecule has 3 aromatic heterocycles. The quantitative estimate of drug-likeness (QED) is 0.118. The summed E-state index contributed by atoms with van der Waals surface area (Å²) in [4.78, 5) is 32.9. The summed E-state index contributed by atoms with van der Waals surface area (Å²) in [7, 11) is -4.12. The van der Waals surface area contributed by atoms with E-state index in [1.165, 1.54) is 12.4 Å². The first-order valence-electron chi connectivity index (χ1n) is 15.6. The lowest BCUT2D eigenvalue weighted by Crippen LogP contribution is -2.40. The minimum atomic E-state index is -4.30. The van der Waals surface area contributed by atoms with Crippen LogP contribution in [-0.2, 0) is 24.1 Å². The topological polar surface area (TPSA) is 104 Å². The van der Waals surface area contributed by atoms with Crippen LogP contribution in [0.25, 0.3) is 56.4 Å². The molecule has 0 saturated heterocycles. The van der Waals surface area contributed by atoms with E-state index in [1.54, 1.807) is 24.3 Å².